The van der Waals surface area contributed by atoms with Crippen molar-refractivity contribution in [3.63, 3.8) is 0 Å². The van der Waals surface area contributed by atoms with Crippen molar-refractivity contribution in [3.8, 4) is 0 Å². The van der Waals surface area contributed by atoms with Crippen molar-refractivity contribution < 1.29 is 8.78 Å². The fourth-order valence-corrected chi connectivity index (χ4v) is 3.90. The molecule has 2 heterocycles. The predicted octanol–water partition coefficient (Wildman–Crippen LogP) is 3.92. The van der Waals surface area contributed by atoms with Crippen molar-refractivity contribution in [2.75, 3.05) is 42.5 Å². The second kappa shape index (κ2) is 7.00. The minimum atomic E-state index is -0.257. The van der Waals surface area contributed by atoms with E-state index in [9.17, 15) is 8.78 Å². The second-order valence-electron chi connectivity index (χ2n) is 6.90. The number of nitrogens with one attached hydrogen (secondary N) is 1. The molecule has 4 rings (SSSR count). The number of nitrogens with zero attached hydrogens (tertiary/aromatic N) is 2. The molecule has 0 spiro atoms. The number of piperidine rings is 1. The molecule has 0 amide bonds. The maximum Gasteiger partial charge on any atom is 0.125 e. The molecule has 5 heteroatoms. The molecule has 2 aliphatic heterocycles. The zero-order chi connectivity index (χ0) is 17.2. The summed E-state index contributed by atoms with van der Waals surface area (Å²) in [7, 11) is 0. The van der Waals surface area contributed by atoms with Gasteiger partial charge < -0.3 is 15.1 Å². The Labute approximate surface area is 147 Å². The highest BCUT2D eigenvalue weighted by Gasteiger charge is 2.26. The van der Waals surface area contributed by atoms with Crippen LogP contribution in [0.4, 0.5) is 25.8 Å². The van der Waals surface area contributed by atoms with E-state index in [1.165, 1.54) is 31.0 Å². The topological polar surface area (TPSA) is 18.5 Å². The predicted molar refractivity (Wildman–Crippen MR) is 97.6 cm³/mol. The van der Waals surface area contributed by atoms with Gasteiger partial charge in [0.2, 0.25) is 0 Å². The molecule has 25 heavy (non-hydrogen) atoms. The smallest absolute Gasteiger partial charge is 0.125 e. The number of halogens is 2. The van der Waals surface area contributed by atoms with Gasteiger partial charge in [0.25, 0.3) is 0 Å². The molecule has 1 N–H and O–H groups in total. The SMILES string of the molecule is Fc1ccc(N2CCN(CC3CCNCC3)c3ccc(F)cc32)cc1. The van der Waals surface area contributed by atoms with Gasteiger partial charge in [0.15, 0.2) is 0 Å². The van der Waals surface area contributed by atoms with Gasteiger partial charge in [0, 0.05) is 25.3 Å². The first-order valence-electron chi connectivity index (χ1n) is 8.99. The molecule has 0 atom stereocenters. The van der Waals surface area contributed by atoms with E-state index in [1.54, 1.807) is 18.2 Å². The second-order valence-corrected chi connectivity index (χ2v) is 6.90. The van der Waals surface area contributed by atoms with Crippen LogP contribution in [0.3, 0.4) is 0 Å². The summed E-state index contributed by atoms with van der Waals surface area (Å²) in [5, 5.41) is 3.40. The van der Waals surface area contributed by atoms with Crippen molar-refractivity contribution in [1.82, 2.24) is 5.32 Å². The lowest BCUT2D eigenvalue weighted by Gasteiger charge is -2.41. The lowest BCUT2D eigenvalue weighted by atomic mass is 9.96. The molecule has 1 fully saturated rings. The fraction of sp³-hybridized carbons (Fsp3) is 0.400. The van der Waals surface area contributed by atoms with Crippen molar-refractivity contribution in [3.05, 3.63) is 54.1 Å². The van der Waals surface area contributed by atoms with E-state index in [-0.39, 0.29) is 11.6 Å². The number of fused-ring (bicyclic) bond motifs is 1. The molecule has 2 aliphatic rings. The van der Waals surface area contributed by atoms with Gasteiger partial charge in [-0.05, 0) is 74.3 Å². The molecule has 3 nitrogen and oxygen atoms in total. The molecular weight excluding hydrogens is 320 g/mol. The first kappa shape index (κ1) is 16.3. The standard InChI is InChI=1S/C20H23F2N3/c21-16-1-4-18(5-2-16)25-12-11-24(14-15-7-9-23-10-8-15)19-6-3-17(22)13-20(19)25/h1-6,13,15,23H,7-12,14H2. The van der Waals surface area contributed by atoms with Gasteiger partial charge in [-0.2, -0.15) is 0 Å². The van der Waals surface area contributed by atoms with E-state index in [0.717, 1.165) is 49.8 Å². The lowest BCUT2D eigenvalue weighted by molar-refractivity contribution is 0.373. The molecule has 0 aromatic heterocycles. The summed E-state index contributed by atoms with van der Waals surface area (Å²) in [6.07, 6.45) is 2.38. The van der Waals surface area contributed by atoms with Crippen molar-refractivity contribution in [1.29, 1.82) is 0 Å². The average Bonchev–Trinajstić information content (AvgIpc) is 2.63. The van der Waals surface area contributed by atoms with Crippen LogP contribution >= 0.6 is 0 Å². The van der Waals surface area contributed by atoms with Gasteiger partial charge in [-0.15, -0.1) is 0 Å². The van der Waals surface area contributed by atoms with Crippen LogP contribution in [0, 0.1) is 17.6 Å². The normalized spacial score (nSPS) is 18.3. The van der Waals surface area contributed by atoms with E-state index in [0.29, 0.717) is 5.92 Å². The zero-order valence-electron chi connectivity index (χ0n) is 14.2. The molecule has 0 saturated carbocycles. The minimum Gasteiger partial charge on any atom is -0.368 e. The number of anilines is 3. The third kappa shape index (κ3) is 3.47. The molecule has 0 bridgehead atoms. The Morgan fingerprint density at radius 2 is 1.60 bits per heavy atom. The average molecular weight is 343 g/mol. The van der Waals surface area contributed by atoms with Crippen LogP contribution in [0.25, 0.3) is 0 Å². The monoisotopic (exact) mass is 343 g/mol. The van der Waals surface area contributed by atoms with Crippen LogP contribution < -0.4 is 15.1 Å². The van der Waals surface area contributed by atoms with Crippen molar-refractivity contribution in [2.24, 2.45) is 5.92 Å². The summed E-state index contributed by atoms with van der Waals surface area (Å²) in [5.41, 5.74) is 2.83. The van der Waals surface area contributed by atoms with Gasteiger partial charge in [-0.1, -0.05) is 0 Å². The van der Waals surface area contributed by atoms with Crippen LogP contribution in [0.15, 0.2) is 42.5 Å². The van der Waals surface area contributed by atoms with Gasteiger partial charge in [-0.25, -0.2) is 8.78 Å². The molecule has 2 aromatic rings. The Morgan fingerprint density at radius 3 is 2.36 bits per heavy atom. The van der Waals surface area contributed by atoms with Crippen molar-refractivity contribution >= 4 is 17.1 Å². The summed E-state index contributed by atoms with van der Waals surface area (Å²) in [5.74, 6) is 0.180. The van der Waals surface area contributed by atoms with E-state index >= 15 is 0 Å². The Balaban J connectivity index is 1.63. The quantitative estimate of drug-likeness (QED) is 0.911. The van der Waals surface area contributed by atoms with Crippen LogP contribution in [0.2, 0.25) is 0 Å². The van der Waals surface area contributed by atoms with Crippen LogP contribution in [0.5, 0.6) is 0 Å². The summed E-state index contributed by atoms with van der Waals surface area (Å²) in [6.45, 7) is 4.83. The van der Waals surface area contributed by atoms with E-state index in [4.69, 9.17) is 0 Å². The maximum atomic E-state index is 13.9. The van der Waals surface area contributed by atoms with Crippen LogP contribution in [-0.2, 0) is 0 Å². The molecule has 0 radical (unpaired) electrons. The molecule has 132 valence electrons. The number of hydrogen-bond donors (Lipinski definition) is 1. The number of benzene rings is 2. The number of rotatable bonds is 3. The minimum absolute atomic E-state index is 0.241. The lowest BCUT2D eigenvalue weighted by Crippen LogP contribution is -2.43. The van der Waals surface area contributed by atoms with Gasteiger partial charge in [0.1, 0.15) is 11.6 Å². The van der Waals surface area contributed by atoms with E-state index in [1.807, 2.05) is 6.07 Å². The number of hydrogen-bond acceptors (Lipinski definition) is 3. The molecular formula is C20H23F2N3. The highest BCUT2D eigenvalue weighted by Crippen LogP contribution is 2.38. The Bertz CT molecular complexity index is 726. The fourth-order valence-electron chi connectivity index (χ4n) is 3.90. The van der Waals surface area contributed by atoms with Gasteiger partial charge in [-0.3, -0.25) is 0 Å². The third-order valence-electron chi connectivity index (χ3n) is 5.24. The first-order valence-corrected chi connectivity index (χ1v) is 8.99. The largest absolute Gasteiger partial charge is 0.368 e. The van der Waals surface area contributed by atoms with Crippen LogP contribution in [-0.4, -0.2) is 32.7 Å². The van der Waals surface area contributed by atoms with E-state index in [2.05, 4.69) is 15.1 Å². The summed E-state index contributed by atoms with van der Waals surface area (Å²) in [4.78, 5) is 4.46. The highest BCUT2D eigenvalue weighted by molar-refractivity contribution is 5.79. The molecule has 2 aromatic carbocycles. The van der Waals surface area contributed by atoms with Gasteiger partial charge in [0.05, 0.1) is 11.4 Å². The third-order valence-corrected chi connectivity index (χ3v) is 5.24. The molecule has 1 saturated heterocycles. The van der Waals surface area contributed by atoms with Crippen LogP contribution in [0.1, 0.15) is 12.8 Å². The molecule has 0 unspecified atom stereocenters. The summed E-state index contributed by atoms with van der Waals surface area (Å²) >= 11 is 0. The molecule has 0 aliphatic carbocycles. The first-order chi connectivity index (χ1) is 12.2. The summed E-state index contributed by atoms with van der Waals surface area (Å²) in [6, 6.07) is 11.4. The maximum absolute atomic E-state index is 13.9. The Morgan fingerprint density at radius 1 is 0.880 bits per heavy atom. The van der Waals surface area contributed by atoms with Gasteiger partial charge >= 0.3 is 0 Å². The Kier molecular flexibility index (Phi) is 4.57. The Hall–Kier alpha value is -2.14. The zero-order valence-corrected chi connectivity index (χ0v) is 14.2. The van der Waals surface area contributed by atoms with E-state index < -0.39 is 0 Å². The van der Waals surface area contributed by atoms with Crippen molar-refractivity contribution in [2.45, 2.75) is 12.8 Å². The highest BCUT2D eigenvalue weighted by atomic mass is 19.1. The summed E-state index contributed by atoms with van der Waals surface area (Å²) < 4.78 is 27.2.